The number of benzene rings is 2. The quantitative estimate of drug-likeness (QED) is 0.443. The van der Waals surface area contributed by atoms with Gasteiger partial charge >= 0.3 is 5.97 Å². The van der Waals surface area contributed by atoms with Crippen LogP contribution < -0.4 is 10.5 Å². The van der Waals surface area contributed by atoms with Crippen molar-refractivity contribution in [1.29, 1.82) is 0 Å². The molecule has 2 amide bonds. The minimum Gasteiger partial charge on any atom is -0.489 e. The molecule has 160 valence electrons. The Morgan fingerprint density at radius 2 is 1.90 bits per heavy atom. The molecular formula is C21H17ClN2O5S2. The number of carboxylic acids is 1. The van der Waals surface area contributed by atoms with Crippen molar-refractivity contribution in [3.63, 3.8) is 0 Å². The van der Waals surface area contributed by atoms with Gasteiger partial charge in [-0.15, -0.1) is 0 Å². The van der Waals surface area contributed by atoms with Crippen LogP contribution in [0.4, 0.5) is 0 Å². The van der Waals surface area contributed by atoms with E-state index in [1.807, 2.05) is 18.2 Å². The Bertz CT molecular complexity index is 1070. The smallest absolute Gasteiger partial charge is 0.327 e. The third-order valence-corrected chi connectivity index (χ3v) is 6.04. The lowest BCUT2D eigenvalue weighted by atomic mass is 10.1. The third-order valence-electron chi connectivity index (χ3n) is 4.34. The lowest BCUT2D eigenvalue weighted by Crippen LogP contribution is -2.46. The van der Waals surface area contributed by atoms with Crippen LogP contribution in [0.1, 0.15) is 17.5 Å². The van der Waals surface area contributed by atoms with Gasteiger partial charge in [0.05, 0.1) is 11.3 Å². The van der Waals surface area contributed by atoms with Gasteiger partial charge in [-0.2, -0.15) is 0 Å². The van der Waals surface area contributed by atoms with E-state index in [1.165, 1.54) is 0 Å². The van der Waals surface area contributed by atoms with E-state index >= 15 is 0 Å². The monoisotopic (exact) mass is 476 g/mol. The number of nitrogens with zero attached hydrogens (tertiary/aromatic N) is 1. The summed E-state index contributed by atoms with van der Waals surface area (Å²) in [6.45, 7) is 0.314. The maximum Gasteiger partial charge on any atom is 0.327 e. The zero-order valence-electron chi connectivity index (χ0n) is 16.0. The Kier molecular flexibility index (Phi) is 7.32. The highest BCUT2D eigenvalue weighted by molar-refractivity contribution is 8.26. The first kappa shape index (κ1) is 22.8. The molecule has 7 nitrogen and oxygen atoms in total. The second-order valence-electron chi connectivity index (χ2n) is 6.53. The molecule has 1 fully saturated rings. The van der Waals surface area contributed by atoms with Crippen molar-refractivity contribution in [2.75, 3.05) is 0 Å². The van der Waals surface area contributed by atoms with Gasteiger partial charge in [0.25, 0.3) is 5.91 Å². The Morgan fingerprint density at radius 3 is 2.52 bits per heavy atom. The number of hydrogen-bond donors (Lipinski definition) is 2. The molecule has 0 spiro atoms. The molecule has 2 aromatic rings. The molecule has 1 aliphatic heterocycles. The Hall–Kier alpha value is -2.88. The van der Waals surface area contributed by atoms with Gasteiger partial charge in [0.2, 0.25) is 5.91 Å². The summed E-state index contributed by atoms with van der Waals surface area (Å²) in [7, 11) is 0. The lowest BCUT2D eigenvalue weighted by molar-refractivity contribution is -0.146. The molecule has 0 aromatic heterocycles. The summed E-state index contributed by atoms with van der Waals surface area (Å²) >= 11 is 12.2. The van der Waals surface area contributed by atoms with Gasteiger partial charge < -0.3 is 15.6 Å². The second-order valence-corrected chi connectivity index (χ2v) is 8.61. The predicted molar refractivity (Wildman–Crippen MR) is 122 cm³/mol. The average Bonchev–Trinajstić information content (AvgIpc) is 2.99. The average molecular weight is 477 g/mol. The second kappa shape index (κ2) is 9.95. The number of aliphatic carboxylic acids is 1. The number of carboxylic acid groups (broad SMARTS) is 1. The molecule has 3 rings (SSSR count). The molecule has 1 heterocycles. The molecule has 31 heavy (non-hydrogen) atoms. The summed E-state index contributed by atoms with van der Waals surface area (Å²) < 4.78 is 5.79. The van der Waals surface area contributed by atoms with Crippen LogP contribution in [-0.4, -0.2) is 38.2 Å². The molecule has 10 heteroatoms. The summed E-state index contributed by atoms with van der Waals surface area (Å²) in [5.41, 5.74) is 6.67. The van der Waals surface area contributed by atoms with E-state index in [2.05, 4.69) is 0 Å². The first-order chi connectivity index (χ1) is 14.8. The summed E-state index contributed by atoms with van der Waals surface area (Å²) in [6.07, 6.45) is 1.08. The van der Waals surface area contributed by atoms with Gasteiger partial charge in [0, 0.05) is 10.6 Å². The van der Waals surface area contributed by atoms with Crippen LogP contribution in [0.2, 0.25) is 5.02 Å². The molecule has 0 saturated carbocycles. The summed E-state index contributed by atoms with van der Waals surface area (Å²) in [6, 6.07) is 13.0. The van der Waals surface area contributed by atoms with Crippen molar-refractivity contribution < 1.29 is 24.2 Å². The van der Waals surface area contributed by atoms with Gasteiger partial charge in [-0.25, -0.2) is 4.79 Å². The number of amides is 2. The van der Waals surface area contributed by atoms with Gasteiger partial charge in [-0.3, -0.25) is 14.5 Å². The number of ether oxygens (including phenoxy) is 1. The number of thioether (sulfide) groups is 1. The van der Waals surface area contributed by atoms with Crippen LogP contribution >= 0.6 is 35.6 Å². The van der Waals surface area contributed by atoms with Crippen molar-refractivity contribution in [2.45, 2.75) is 19.1 Å². The van der Waals surface area contributed by atoms with E-state index in [1.54, 1.807) is 36.4 Å². The van der Waals surface area contributed by atoms with Gasteiger partial charge in [0.15, 0.2) is 0 Å². The van der Waals surface area contributed by atoms with E-state index in [-0.39, 0.29) is 9.23 Å². The van der Waals surface area contributed by atoms with Crippen molar-refractivity contribution in [3.8, 4) is 5.75 Å². The minimum atomic E-state index is -1.43. The fourth-order valence-electron chi connectivity index (χ4n) is 2.82. The van der Waals surface area contributed by atoms with Crippen molar-refractivity contribution in [3.05, 3.63) is 69.6 Å². The Labute approximate surface area is 192 Å². The van der Waals surface area contributed by atoms with Gasteiger partial charge in [-0.1, -0.05) is 65.9 Å². The summed E-state index contributed by atoms with van der Waals surface area (Å²) in [4.78, 5) is 36.6. The standard InChI is InChI=1S/C21H17ClN2O5S2/c22-15-4-2-1-3-13(15)11-29-14-7-5-12(6-8-14)9-17-19(26)24(21(30)31-17)16(20(27)28)10-18(23)25/h1-9,16H,10-11H2,(H2,23,25)(H,27,28)/b17-9-. The van der Waals surface area contributed by atoms with Gasteiger partial charge in [-0.05, 0) is 29.8 Å². The van der Waals surface area contributed by atoms with Crippen LogP contribution in [0.3, 0.4) is 0 Å². The summed E-state index contributed by atoms with van der Waals surface area (Å²) in [5.74, 6) is -2.14. The normalized spacial score (nSPS) is 15.9. The van der Waals surface area contributed by atoms with Crippen LogP contribution in [0.15, 0.2) is 53.4 Å². The zero-order valence-corrected chi connectivity index (χ0v) is 18.4. The van der Waals surface area contributed by atoms with E-state index in [4.69, 9.17) is 34.3 Å². The Morgan fingerprint density at radius 1 is 1.23 bits per heavy atom. The number of thiocarbonyl (C=S) groups is 1. The van der Waals surface area contributed by atoms with Crippen LogP contribution in [0.25, 0.3) is 6.08 Å². The number of halogens is 1. The molecule has 1 atom stereocenters. The molecule has 0 radical (unpaired) electrons. The van der Waals surface area contributed by atoms with Crippen LogP contribution in [-0.2, 0) is 21.0 Å². The number of hydrogen-bond acceptors (Lipinski definition) is 6. The third kappa shape index (κ3) is 5.63. The van der Waals surface area contributed by atoms with E-state index in [0.29, 0.717) is 22.9 Å². The fourth-order valence-corrected chi connectivity index (χ4v) is 4.36. The Balaban J connectivity index is 1.71. The predicted octanol–water partition coefficient (Wildman–Crippen LogP) is 3.45. The van der Waals surface area contributed by atoms with E-state index in [0.717, 1.165) is 22.2 Å². The van der Waals surface area contributed by atoms with Crippen molar-refractivity contribution in [1.82, 2.24) is 4.90 Å². The first-order valence-corrected chi connectivity index (χ1v) is 10.6. The molecule has 1 unspecified atom stereocenters. The van der Waals surface area contributed by atoms with Crippen LogP contribution in [0, 0.1) is 0 Å². The molecular weight excluding hydrogens is 460 g/mol. The molecule has 3 N–H and O–H groups in total. The maximum atomic E-state index is 12.7. The minimum absolute atomic E-state index is 0.0598. The SMILES string of the molecule is NC(=O)CC(C(=O)O)N1C(=O)/C(=C/c2ccc(OCc3ccccc3Cl)cc2)SC1=S. The lowest BCUT2D eigenvalue weighted by Gasteiger charge is -2.21. The number of carbonyl (C=O) groups is 3. The fraction of sp³-hybridized carbons (Fsp3) is 0.143. The highest BCUT2D eigenvalue weighted by Crippen LogP contribution is 2.35. The first-order valence-electron chi connectivity index (χ1n) is 9.00. The molecule has 2 aromatic carbocycles. The van der Waals surface area contributed by atoms with Crippen molar-refractivity contribution in [2.24, 2.45) is 5.73 Å². The molecule has 1 saturated heterocycles. The highest BCUT2D eigenvalue weighted by atomic mass is 35.5. The summed E-state index contributed by atoms with van der Waals surface area (Å²) in [5, 5.41) is 9.98. The van der Waals surface area contributed by atoms with E-state index < -0.39 is 30.2 Å². The van der Waals surface area contributed by atoms with Crippen LogP contribution in [0.5, 0.6) is 5.75 Å². The number of primary amides is 1. The largest absolute Gasteiger partial charge is 0.489 e. The number of carbonyl (C=O) groups excluding carboxylic acids is 2. The maximum absolute atomic E-state index is 12.7. The van der Waals surface area contributed by atoms with Gasteiger partial charge in [0.1, 0.15) is 22.7 Å². The molecule has 0 bridgehead atoms. The number of rotatable bonds is 8. The molecule has 1 aliphatic rings. The van der Waals surface area contributed by atoms with E-state index in [9.17, 15) is 19.5 Å². The topological polar surface area (TPSA) is 110 Å². The highest BCUT2D eigenvalue weighted by Gasteiger charge is 2.41. The zero-order chi connectivity index (χ0) is 22.5. The van der Waals surface area contributed by atoms with Crippen molar-refractivity contribution >= 4 is 63.8 Å². The molecule has 0 aliphatic carbocycles. The number of nitrogens with two attached hydrogens (primary N) is 1.